The van der Waals surface area contributed by atoms with E-state index < -0.39 is 57.4 Å². The zero-order valence-electron chi connectivity index (χ0n) is 41.4. The van der Waals surface area contributed by atoms with Crippen LogP contribution in [0, 0.1) is 23.5 Å². The van der Waals surface area contributed by atoms with Gasteiger partial charge in [-0.05, 0) is 144 Å². The number of aromatic carboxylic acids is 2. The van der Waals surface area contributed by atoms with Crippen molar-refractivity contribution >= 4 is 93.3 Å². The van der Waals surface area contributed by atoms with Crippen molar-refractivity contribution in [3.05, 3.63) is 176 Å². The summed E-state index contributed by atoms with van der Waals surface area (Å²) in [7, 11) is 0. The van der Waals surface area contributed by atoms with Gasteiger partial charge in [-0.2, -0.15) is 0 Å². The van der Waals surface area contributed by atoms with Crippen LogP contribution in [0.4, 0.5) is 52.5 Å². The van der Waals surface area contributed by atoms with Crippen molar-refractivity contribution in [1.82, 2.24) is 0 Å². The van der Waals surface area contributed by atoms with Crippen LogP contribution >= 0.6 is 23.2 Å². The Hall–Kier alpha value is -7.82. The third-order valence-corrected chi connectivity index (χ3v) is 17.0. The molecule has 77 heavy (non-hydrogen) atoms. The normalized spacial score (nSPS) is 23.5. The molecule has 12 rings (SSSR count). The second-order valence-corrected chi connectivity index (χ2v) is 21.5. The van der Waals surface area contributed by atoms with Crippen molar-refractivity contribution in [3.8, 4) is 0 Å². The van der Waals surface area contributed by atoms with Crippen LogP contribution in [0.2, 0.25) is 10.0 Å². The molecule has 0 aromatic heterocycles. The number of amides is 4. The number of carbonyl (C=O) groups excluding carboxylic acids is 4. The maximum Gasteiger partial charge on any atom is 0.414 e. The Labute approximate surface area is 452 Å². The Morgan fingerprint density at radius 1 is 0.532 bits per heavy atom. The number of ether oxygens (including phenoxy) is 2. The fraction of sp³-hybridized carbons (Fsp3) is 0.288. The molecule has 2 saturated carbocycles. The maximum atomic E-state index is 14.7. The van der Waals surface area contributed by atoms with E-state index in [1.165, 1.54) is 68.1 Å². The van der Waals surface area contributed by atoms with E-state index in [-0.39, 0.29) is 79.9 Å². The standard InChI is InChI=1S/2C29H24ClFN2O5.CH4/c2*1-16(2)28(18-3-5-19(30)6-4-18)15-29(28)23-13-20(31)7-8-24(23)33(26(29)36)22-12-17(25(34)35)11-21(14-22)32-9-10-38-27(32)37;/h2*3-8,11-14,16H,9-10,15H2,1-2H3,(H,34,35);1H4/t2*28-,29-;/m10./s1. The monoisotopic (exact) mass is 1080 g/mol. The number of anilines is 6. The average Bonchev–Trinajstić information content (AvgIpc) is 2.98. The highest BCUT2D eigenvalue weighted by atomic mass is 35.5. The fourth-order valence-electron chi connectivity index (χ4n) is 12.9. The number of hydrogen-bond acceptors (Lipinski definition) is 8. The van der Waals surface area contributed by atoms with Crippen LogP contribution in [0.5, 0.6) is 0 Å². The molecule has 14 nitrogen and oxygen atoms in total. The van der Waals surface area contributed by atoms with E-state index in [9.17, 15) is 47.8 Å². The Kier molecular flexibility index (Phi) is 12.8. The third kappa shape index (κ3) is 7.76. The average molecular weight is 1090 g/mol. The zero-order valence-corrected chi connectivity index (χ0v) is 42.9. The van der Waals surface area contributed by atoms with Crippen LogP contribution in [-0.2, 0) is 40.7 Å². The molecule has 4 heterocycles. The first kappa shape index (κ1) is 52.6. The van der Waals surface area contributed by atoms with Crippen molar-refractivity contribution in [2.24, 2.45) is 11.8 Å². The van der Waals surface area contributed by atoms with Crippen molar-refractivity contribution < 1.29 is 57.2 Å². The first-order valence-electron chi connectivity index (χ1n) is 24.7. The first-order chi connectivity index (χ1) is 36.2. The summed E-state index contributed by atoms with van der Waals surface area (Å²) in [6, 6.07) is 32.1. The van der Waals surface area contributed by atoms with Gasteiger partial charge in [-0.25, -0.2) is 28.0 Å². The topological polar surface area (TPSA) is 174 Å². The second kappa shape index (κ2) is 18.7. The smallest absolute Gasteiger partial charge is 0.414 e. The van der Waals surface area contributed by atoms with Crippen LogP contribution in [0.1, 0.15) is 90.9 Å². The number of benzene rings is 6. The molecule has 6 aromatic rings. The van der Waals surface area contributed by atoms with Gasteiger partial charge in [0, 0.05) is 20.9 Å². The second-order valence-electron chi connectivity index (χ2n) is 20.7. The van der Waals surface area contributed by atoms with E-state index >= 15 is 0 Å². The van der Waals surface area contributed by atoms with Crippen molar-refractivity contribution in [2.45, 2.75) is 69.6 Å². The van der Waals surface area contributed by atoms with Crippen LogP contribution in [0.25, 0.3) is 0 Å². The summed E-state index contributed by atoms with van der Waals surface area (Å²) in [5.41, 5.74) is 1.68. The Balaban J connectivity index is 0.000000172. The van der Waals surface area contributed by atoms with Gasteiger partial charge >= 0.3 is 24.1 Å². The molecule has 2 aliphatic carbocycles. The lowest BCUT2D eigenvalue weighted by Crippen LogP contribution is -2.36. The fourth-order valence-corrected chi connectivity index (χ4v) is 13.2. The summed E-state index contributed by atoms with van der Waals surface area (Å²) in [5, 5.41) is 20.8. The third-order valence-electron chi connectivity index (χ3n) is 16.5. The molecule has 4 aliphatic heterocycles. The lowest BCUT2D eigenvalue weighted by molar-refractivity contribution is -0.121. The SMILES string of the molecule is C.CC(C)[C@@]1(c2ccc(Cl)cc2)C[C@@]12C(=O)N(c1cc(C(=O)O)cc(N3CCOC3=O)c1)c1ccc(F)cc12.CC(C)[C@]1(c2ccc(Cl)cc2)C[C@]12C(=O)N(c1cc(C(=O)O)cc(N3CCOC3=O)c1)c1ccc(F)cc12. The van der Waals surface area contributed by atoms with Crippen LogP contribution < -0.4 is 19.6 Å². The van der Waals surface area contributed by atoms with E-state index in [2.05, 4.69) is 0 Å². The summed E-state index contributed by atoms with van der Waals surface area (Å²) >= 11 is 12.3. The molecule has 0 bridgehead atoms. The molecule has 396 valence electrons. The maximum absolute atomic E-state index is 14.7. The van der Waals surface area contributed by atoms with E-state index in [4.69, 9.17) is 32.7 Å². The zero-order chi connectivity index (χ0) is 54.0. The van der Waals surface area contributed by atoms with E-state index in [1.54, 1.807) is 48.5 Å². The van der Waals surface area contributed by atoms with Gasteiger partial charge < -0.3 is 19.7 Å². The number of carboxylic acid groups (broad SMARTS) is 2. The van der Waals surface area contributed by atoms with Gasteiger partial charge in [0.05, 0.1) is 69.2 Å². The molecule has 2 saturated heterocycles. The summed E-state index contributed by atoms with van der Waals surface area (Å²) in [6.07, 6.45) is -0.243. The highest BCUT2D eigenvalue weighted by molar-refractivity contribution is 6.31. The molecular formula is C59H52Cl2F2N4O10. The van der Waals surface area contributed by atoms with Gasteiger partial charge in [-0.15, -0.1) is 0 Å². The summed E-state index contributed by atoms with van der Waals surface area (Å²) in [5.74, 6) is -3.82. The van der Waals surface area contributed by atoms with Gasteiger partial charge in [0.1, 0.15) is 24.8 Å². The number of fused-ring (bicyclic) bond motifs is 4. The summed E-state index contributed by atoms with van der Waals surface area (Å²) in [6.45, 7) is 9.04. The van der Waals surface area contributed by atoms with Crippen LogP contribution in [0.3, 0.4) is 0 Å². The van der Waals surface area contributed by atoms with Crippen LogP contribution in [0.15, 0.2) is 121 Å². The Morgan fingerprint density at radius 3 is 1.19 bits per heavy atom. The van der Waals surface area contributed by atoms with Gasteiger partial charge in [0.2, 0.25) is 11.8 Å². The quantitative estimate of drug-likeness (QED) is 0.134. The van der Waals surface area contributed by atoms with Crippen molar-refractivity contribution in [3.63, 3.8) is 0 Å². The number of nitrogens with zero attached hydrogens (tertiary/aromatic N) is 4. The minimum atomic E-state index is -1.20. The van der Waals surface area contributed by atoms with Crippen LogP contribution in [-0.4, -0.2) is 72.5 Å². The Morgan fingerprint density at radius 2 is 0.883 bits per heavy atom. The lowest BCUT2D eigenvalue weighted by atomic mass is 9.75. The molecule has 4 fully saturated rings. The minimum absolute atomic E-state index is 0. The van der Waals surface area contributed by atoms with Gasteiger partial charge in [0.25, 0.3) is 0 Å². The number of rotatable bonds is 10. The Bertz CT molecular complexity index is 3280. The molecule has 2 N–H and O–H groups in total. The molecule has 4 atom stereocenters. The molecule has 4 amide bonds. The van der Waals surface area contributed by atoms with Crippen molar-refractivity contribution in [2.75, 3.05) is 45.9 Å². The van der Waals surface area contributed by atoms with Gasteiger partial charge in [-0.1, -0.05) is 82.6 Å². The largest absolute Gasteiger partial charge is 0.478 e. The number of hydrogen-bond donors (Lipinski definition) is 2. The summed E-state index contributed by atoms with van der Waals surface area (Å²) in [4.78, 5) is 83.2. The number of halogens is 4. The number of carbonyl (C=O) groups is 6. The number of carboxylic acids is 2. The lowest BCUT2D eigenvalue weighted by Gasteiger charge is -2.27. The molecule has 6 aliphatic rings. The molecule has 18 heteroatoms. The molecule has 0 radical (unpaired) electrons. The molecule has 0 unspecified atom stereocenters. The van der Waals surface area contributed by atoms with E-state index in [1.807, 2.05) is 52.0 Å². The van der Waals surface area contributed by atoms with Crippen molar-refractivity contribution in [1.29, 1.82) is 0 Å². The molecular weight excluding hydrogens is 1030 g/mol. The molecule has 2 spiro atoms. The van der Waals surface area contributed by atoms with E-state index in [0.717, 1.165) is 11.1 Å². The predicted molar refractivity (Wildman–Crippen MR) is 287 cm³/mol. The number of cyclic esters (lactones) is 2. The van der Waals surface area contributed by atoms with Gasteiger partial charge in [-0.3, -0.25) is 29.2 Å². The van der Waals surface area contributed by atoms with E-state index in [0.29, 0.717) is 56.8 Å². The predicted octanol–water partition coefficient (Wildman–Crippen LogP) is 12.7. The highest BCUT2D eigenvalue weighted by Gasteiger charge is 2.79. The minimum Gasteiger partial charge on any atom is -0.478 e. The highest BCUT2D eigenvalue weighted by Crippen LogP contribution is 2.75. The summed E-state index contributed by atoms with van der Waals surface area (Å²) < 4.78 is 39.5. The molecule has 6 aromatic carbocycles. The first-order valence-corrected chi connectivity index (χ1v) is 25.4. The van der Waals surface area contributed by atoms with Gasteiger partial charge in [0.15, 0.2) is 0 Å².